The number of anilines is 3. The van der Waals surface area contributed by atoms with Crippen LogP contribution in [0.5, 0.6) is 0 Å². The van der Waals surface area contributed by atoms with Crippen LogP contribution in [0.3, 0.4) is 0 Å². The highest BCUT2D eigenvalue weighted by Crippen LogP contribution is 2.65. The van der Waals surface area contributed by atoms with E-state index < -0.39 is 62.7 Å². The number of nitrogens with one attached hydrogen (secondary N) is 2. The molecule has 3 aromatic carbocycles. The van der Waals surface area contributed by atoms with Crippen molar-refractivity contribution in [3.63, 3.8) is 0 Å². The molecule has 1 saturated carbocycles. The first kappa shape index (κ1) is 27.9. The molecule has 1 fully saturated rings. The Labute approximate surface area is 228 Å². The molecule has 0 heterocycles. The van der Waals surface area contributed by atoms with Crippen molar-refractivity contribution in [2.24, 2.45) is 5.92 Å². The Kier molecular flexibility index (Phi) is 7.28. The van der Waals surface area contributed by atoms with Crippen LogP contribution in [-0.2, 0) is 11.0 Å². The minimum atomic E-state index is -4.60. The molecule has 0 aliphatic heterocycles. The average molecular weight is 593 g/mol. The molecule has 38 heavy (non-hydrogen) atoms. The van der Waals surface area contributed by atoms with Gasteiger partial charge in [0.05, 0.1) is 27.8 Å². The van der Waals surface area contributed by atoms with Gasteiger partial charge in [-0.25, -0.2) is 8.78 Å². The minimum absolute atomic E-state index is 0.0521. The fourth-order valence-corrected chi connectivity index (χ4v) is 5.11. The smallest absolute Gasteiger partial charge is 0.394 e. The molecule has 0 unspecified atom stereocenters. The van der Waals surface area contributed by atoms with Gasteiger partial charge in [-0.2, -0.15) is 13.2 Å². The van der Waals surface area contributed by atoms with Crippen molar-refractivity contribution >= 4 is 63.7 Å². The van der Waals surface area contributed by atoms with Gasteiger partial charge >= 0.3 is 6.18 Å². The molecule has 13 heteroatoms. The number of carbonyl (C=O) groups excluding carboxylic acids is 2. The summed E-state index contributed by atoms with van der Waals surface area (Å²) in [5, 5.41) is 4.69. The van der Waals surface area contributed by atoms with E-state index in [0.29, 0.717) is 5.56 Å². The lowest BCUT2D eigenvalue weighted by Gasteiger charge is -2.12. The Morgan fingerprint density at radius 2 is 1.68 bits per heavy atom. The SMILES string of the molecule is Cc1cc([C@H]2[C@H](C(=O)Nc3ccc(Cl)c(C(=O)Nc4ccc(F)c(N)c4F)c3)C2(Cl)Cl)cc(C(F)(F)F)c1. The summed E-state index contributed by atoms with van der Waals surface area (Å²) >= 11 is 18.7. The number of nitrogens with two attached hydrogens (primary N) is 1. The summed E-state index contributed by atoms with van der Waals surface area (Å²) in [4.78, 5) is 25.7. The van der Waals surface area contributed by atoms with Crippen LogP contribution in [0.2, 0.25) is 5.02 Å². The molecule has 1 aliphatic carbocycles. The minimum Gasteiger partial charge on any atom is -0.394 e. The molecule has 2 atom stereocenters. The van der Waals surface area contributed by atoms with E-state index >= 15 is 0 Å². The second-order valence-corrected chi connectivity index (χ2v) is 10.6. The van der Waals surface area contributed by atoms with Gasteiger partial charge in [0.25, 0.3) is 5.91 Å². The van der Waals surface area contributed by atoms with E-state index in [2.05, 4.69) is 10.6 Å². The predicted octanol–water partition coefficient (Wildman–Crippen LogP) is 7.31. The molecule has 2 amide bonds. The van der Waals surface area contributed by atoms with Crippen LogP contribution in [0.15, 0.2) is 48.5 Å². The number of hydrogen-bond donors (Lipinski definition) is 3. The van der Waals surface area contributed by atoms with E-state index in [-0.39, 0.29) is 21.8 Å². The number of benzene rings is 3. The van der Waals surface area contributed by atoms with Gasteiger partial charge < -0.3 is 16.4 Å². The lowest BCUT2D eigenvalue weighted by molar-refractivity contribution is -0.137. The number of alkyl halides is 5. The van der Waals surface area contributed by atoms with Crippen molar-refractivity contribution in [1.29, 1.82) is 0 Å². The van der Waals surface area contributed by atoms with Crippen LogP contribution >= 0.6 is 34.8 Å². The molecular weight excluding hydrogens is 576 g/mol. The normalized spacial score (nSPS) is 18.1. The number of aryl methyl sites for hydroxylation is 1. The molecule has 0 saturated heterocycles. The first-order valence-electron chi connectivity index (χ1n) is 10.8. The highest BCUT2D eigenvalue weighted by atomic mass is 35.5. The van der Waals surface area contributed by atoms with E-state index in [1.54, 1.807) is 0 Å². The third kappa shape index (κ3) is 5.39. The molecule has 4 N–H and O–H groups in total. The molecule has 0 radical (unpaired) electrons. The zero-order valence-electron chi connectivity index (χ0n) is 19.2. The largest absolute Gasteiger partial charge is 0.416 e. The third-order valence-electron chi connectivity index (χ3n) is 5.98. The first-order valence-corrected chi connectivity index (χ1v) is 12.0. The average Bonchev–Trinajstić information content (AvgIpc) is 3.41. The lowest BCUT2D eigenvalue weighted by atomic mass is 10.0. The van der Waals surface area contributed by atoms with Crippen molar-refractivity contribution < 1.29 is 31.5 Å². The van der Waals surface area contributed by atoms with Gasteiger partial charge in [-0.1, -0.05) is 23.2 Å². The standard InChI is InChI=1S/C25H17Cl3F5N3O2/c1-10-6-11(8-12(7-10)25(31,32)33)18-19(24(18,27)28)23(38)35-13-2-3-15(26)14(9-13)22(37)36-17-5-4-16(29)21(34)20(17)30/h2-9,18-19H,34H2,1H3,(H,35,38)(H,36,37)/t18-,19+/m0/s1. The lowest BCUT2D eigenvalue weighted by Crippen LogP contribution is -2.18. The third-order valence-corrected chi connectivity index (χ3v) is 7.25. The molecule has 0 spiro atoms. The summed E-state index contributed by atoms with van der Waals surface area (Å²) in [7, 11) is 0. The van der Waals surface area contributed by atoms with E-state index in [4.69, 9.17) is 40.5 Å². The molecule has 0 aromatic heterocycles. The Morgan fingerprint density at radius 3 is 2.34 bits per heavy atom. The van der Waals surface area contributed by atoms with Crippen molar-refractivity contribution in [1.82, 2.24) is 0 Å². The van der Waals surface area contributed by atoms with Crippen molar-refractivity contribution in [3.05, 3.63) is 87.4 Å². The molecule has 1 aliphatic rings. The van der Waals surface area contributed by atoms with Crippen LogP contribution in [-0.4, -0.2) is 16.1 Å². The molecule has 200 valence electrons. The molecule has 3 aromatic rings. The van der Waals surface area contributed by atoms with Crippen molar-refractivity contribution in [2.45, 2.75) is 23.4 Å². The number of amides is 2. The number of halogens is 8. The van der Waals surface area contributed by atoms with Crippen LogP contribution in [0.1, 0.15) is 33.0 Å². The molecular formula is C25H17Cl3F5N3O2. The van der Waals surface area contributed by atoms with E-state index in [0.717, 1.165) is 24.3 Å². The quantitative estimate of drug-likeness (QED) is 0.165. The summed E-state index contributed by atoms with van der Waals surface area (Å²) in [5.41, 5.74) is 3.61. The zero-order chi connectivity index (χ0) is 28.2. The summed E-state index contributed by atoms with van der Waals surface area (Å²) in [5.74, 6) is -5.79. The molecule has 5 nitrogen and oxygen atoms in total. The van der Waals surface area contributed by atoms with Gasteiger partial charge in [0.15, 0.2) is 5.82 Å². The van der Waals surface area contributed by atoms with Crippen LogP contribution in [0.4, 0.5) is 39.0 Å². The van der Waals surface area contributed by atoms with Gasteiger partial charge in [-0.05, 0) is 55.0 Å². The number of rotatable bonds is 5. The Balaban J connectivity index is 1.54. The zero-order valence-corrected chi connectivity index (χ0v) is 21.5. The molecule has 0 bridgehead atoms. The van der Waals surface area contributed by atoms with E-state index in [9.17, 15) is 31.5 Å². The van der Waals surface area contributed by atoms with Gasteiger partial charge in [-0.3, -0.25) is 9.59 Å². The van der Waals surface area contributed by atoms with Gasteiger partial charge in [0.1, 0.15) is 15.8 Å². The van der Waals surface area contributed by atoms with Gasteiger partial charge in [0.2, 0.25) is 5.91 Å². The van der Waals surface area contributed by atoms with Crippen molar-refractivity contribution in [3.8, 4) is 0 Å². The highest BCUT2D eigenvalue weighted by Gasteiger charge is 2.67. The van der Waals surface area contributed by atoms with Gasteiger partial charge in [0, 0.05) is 11.6 Å². The number of carbonyl (C=O) groups is 2. The maximum Gasteiger partial charge on any atom is 0.416 e. The Hall–Kier alpha value is -3.08. The van der Waals surface area contributed by atoms with Crippen molar-refractivity contribution in [2.75, 3.05) is 16.4 Å². The fourth-order valence-electron chi connectivity index (χ4n) is 4.08. The Bertz CT molecular complexity index is 1460. The second kappa shape index (κ2) is 9.91. The van der Waals surface area contributed by atoms with Crippen LogP contribution in [0.25, 0.3) is 0 Å². The predicted molar refractivity (Wildman–Crippen MR) is 136 cm³/mol. The summed E-state index contributed by atoms with van der Waals surface area (Å²) in [6.07, 6.45) is -4.60. The maximum absolute atomic E-state index is 14.2. The summed E-state index contributed by atoms with van der Waals surface area (Å²) in [6.45, 7) is 1.48. The van der Waals surface area contributed by atoms with Crippen LogP contribution < -0.4 is 16.4 Å². The fraction of sp³-hybridized carbons (Fsp3) is 0.200. The monoisotopic (exact) mass is 591 g/mol. The maximum atomic E-state index is 14.2. The summed E-state index contributed by atoms with van der Waals surface area (Å²) in [6, 6.07) is 9.03. The van der Waals surface area contributed by atoms with E-state index in [1.807, 2.05) is 0 Å². The van der Waals surface area contributed by atoms with E-state index in [1.165, 1.54) is 31.2 Å². The Morgan fingerprint density at radius 1 is 1.00 bits per heavy atom. The summed E-state index contributed by atoms with van der Waals surface area (Å²) < 4.78 is 65.7. The molecule has 4 rings (SSSR count). The number of nitrogen functional groups attached to an aromatic ring is 1. The van der Waals surface area contributed by atoms with Gasteiger partial charge in [-0.15, -0.1) is 23.2 Å². The number of hydrogen-bond acceptors (Lipinski definition) is 3. The first-order chi connectivity index (χ1) is 17.6. The second-order valence-electron chi connectivity index (χ2n) is 8.72. The topological polar surface area (TPSA) is 84.2 Å². The highest BCUT2D eigenvalue weighted by molar-refractivity contribution is 6.53. The van der Waals surface area contributed by atoms with Crippen LogP contribution in [0, 0.1) is 24.5 Å².